The Kier molecular flexibility index (Phi) is 3.23. The SMILES string of the molecule is CC(=O)Cc1nc(C)cc(-c2cccnc2)n1. The molecule has 0 unspecified atom stereocenters. The van der Waals surface area contributed by atoms with Crippen LogP contribution in [-0.4, -0.2) is 20.7 Å². The Bertz CT molecular complexity index is 538. The van der Waals surface area contributed by atoms with E-state index in [-0.39, 0.29) is 12.2 Å². The molecule has 0 amide bonds. The van der Waals surface area contributed by atoms with Crippen LogP contribution < -0.4 is 0 Å². The maximum absolute atomic E-state index is 11.1. The molecule has 0 saturated heterocycles. The lowest BCUT2D eigenvalue weighted by Crippen LogP contribution is -2.04. The van der Waals surface area contributed by atoms with Crippen LogP contribution >= 0.6 is 0 Å². The van der Waals surface area contributed by atoms with E-state index in [0.717, 1.165) is 17.0 Å². The van der Waals surface area contributed by atoms with Crippen molar-refractivity contribution < 1.29 is 4.79 Å². The Morgan fingerprint density at radius 1 is 1.35 bits per heavy atom. The van der Waals surface area contributed by atoms with Crippen molar-refractivity contribution in [1.29, 1.82) is 0 Å². The number of carbonyl (C=O) groups excluding carboxylic acids is 1. The summed E-state index contributed by atoms with van der Waals surface area (Å²) in [6, 6.07) is 5.68. The molecule has 4 nitrogen and oxygen atoms in total. The van der Waals surface area contributed by atoms with Crippen LogP contribution in [0.4, 0.5) is 0 Å². The topological polar surface area (TPSA) is 55.7 Å². The number of aryl methyl sites for hydroxylation is 1. The zero-order chi connectivity index (χ0) is 12.3. The molecule has 0 bridgehead atoms. The smallest absolute Gasteiger partial charge is 0.137 e. The second kappa shape index (κ2) is 4.82. The Morgan fingerprint density at radius 3 is 2.82 bits per heavy atom. The van der Waals surface area contributed by atoms with Crippen LogP contribution in [0.1, 0.15) is 18.4 Å². The van der Waals surface area contributed by atoms with Crippen LogP contribution in [0.2, 0.25) is 0 Å². The number of pyridine rings is 1. The van der Waals surface area contributed by atoms with Crippen LogP contribution in [0.5, 0.6) is 0 Å². The van der Waals surface area contributed by atoms with E-state index in [1.54, 1.807) is 12.4 Å². The van der Waals surface area contributed by atoms with Gasteiger partial charge in [0.05, 0.1) is 12.1 Å². The normalized spacial score (nSPS) is 10.2. The van der Waals surface area contributed by atoms with Crippen molar-refractivity contribution in [2.75, 3.05) is 0 Å². The lowest BCUT2D eigenvalue weighted by atomic mass is 10.2. The summed E-state index contributed by atoms with van der Waals surface area (Å²) >= 11 is 0. The molecule has 0 saturated carbocycles. The summed E-state index contributed by atoms with van der Waals surface area (Å²) in [6.07, 6.45) is 3.74. The molecule has 0 aromatic carbocycles. The van der Waals surface area contributed by atoms with Crippen molar-refractivity contribution in [1.82, 2.24) is 15.0 Å². The van der Waals surface area contributed by atoms with Gasteiger partial charge in [0.2, 0.25) is 0 Å². The monoisotopic (exact) mass is 227 g/mol. The Morgan fingerprint density at radius 2 is 2.18 bits per heavy atom. The predicted octanol–water partition coefficient (Wildman–Crippen LogP) is 1.98. The molecule has 2 heterocycles. The molecule has 17 heavy (non-hydrogen) atoms. The summed E-state index contributed by atoms with van der Waals surface area (Å²) in [5.74, 6) is 0.629. The van der Waals surface area contributed by atoms with Gasteiger partial charge in [-0.2, -0.15) is 0 Å². The molecule has 0 spiro atoms. The van der Waals surface area contributed by atoms with Crippen LogP contribution in [0.25, 0.3) is 11.3 Å². The van der Waals surface area contributed by atoms with E-state index >= 15 is 0 Å². The standard InChI is InChI=1S/C13H13N3O/c1-9-6-12(11-4-3-5-14-8-11)16-13(15-9)7-10(2)17/h3-6,8H,7H2,1-2H3. The lowest BCUT2D eigenvalue weighted by molar-refractivity contribution is -0.116. The second-order valence-corrected chi connectivity index (χ2v) is 3.93. The minimum Gasteiger partial charge on any atom is -0.300 e. The highest BCUT2D eigenvalue weighted by atomic mass is 16.1. The van der Waals surface area contributed by atoms with E-state index in [1.165, 1.54) is 6.92 Å². The van der Waals surface area contributed by atoms with Gasteiger partial charge >= 0.3 is 0 Å². The zero-order valence-corrected chi connectivity index (χ0v) is 9.84. The number of hydrogen-bond acceptors (Lipinski definition) is 4. The maximum atomic E-state index is 11.1. The first-order valence-corrected chi connectivity index (χ1v) is 5.39. The van der Waals surface area contributed by atoms with Gasteiger partial charge in [-0.3, -0.25) is 9.78 Å². The van der Waals surface area contributed by atoms with Gasteiger partial charge in [0, 0.05) is 23.7 Å². The number of nitrogens with zero attached hydrogens (tertiary/aromatic N) is 3. The molecule has 0 aliphatic rings. The lowest BCUT2D eigenvalue weighted by Gasteiger charge is -2.04. The molecule has 0 aliphatic carbocycles. The highest BCUT2D eigenvalue weighted by Crippen LogP contribution is 2.16. The molecule has 0 radical (unpaired) electrons. The van der Waals surface area contributed by atoms with Gasteiger partial charge in [-0.05, 0) is 32.0 Å². The fourth-order valence-electron chi connectivity index (χ4n) is 1.59. The number of hydrogen-bond donors (Lipinski definition) is 0. The third-order valence-electron chi connectivity index (χ3n) is 2.26. The van der Waals surface area contributed by atoms with E-state index in [1.807, 2.05) is 25.1 Å². The van der Waals surface area contributed by atoms with Crippen LogP contribution in [-0.2, 0) is 11.2 Å². The number of rotatable bonds is 3. The predicted molar refractivity (Wildman–Crippen MR) is 64.4 cm³/mol. The zero-order valence-electron chi connectivity index (χ0n) is 9.84. The molecule has 2 aromatic rings. The summed E-state index contributed by atoms with van der Waals surface area (Å²) in [4.78, 5) is 23.8. The van der Waals surface area contributed by atoms with Crippen molar-refractivity contribution >= 4 is 5.78 Å². The minimum atomic E-state index is 0.0627. The van der Waals surface area contributed by atoms with Crippen molar-refractivity contribution in [3.63, 3.8) is 0 Å². The molecule has 2 rings (SSSR count). The van der Waals surface area contributed by atoms with E-state index in [4.69, 9.17) is 0 Å². The second-order valence-electron chi connectivity index (χ2n) is 3.93. The Labute approximate surface area is 99.8 Å². The largest absolute Gasteiger partial charge is 0.300 e. The third kappa shape index (κ3) is 2.93. The average molecular weight is 227 g/mol. The molecule has 0 aliphatic heterocycles. The molecular formula is C13H13N3O. The highest BCUT2D eigenvalue weighted by molar-refractivity contribution is 5.77. The van der Waals surface area contributed by atoms with Gasteiger partial charge in [-0.15, -0.1) is 0 Å². The fourth-order valence-corrected chi connectivity index (χ4v) is 1.59. The van der Waals surface area contributed by atoms with Gasteiger partial charge in [-0.25, -0.2) is 9.97 Å². The fraction of sp³-hybridized carbons (Fsp3) is 0.231. The van der Waals surface area contributed by atoms with Gasteiger partial charge in [-0.1, -0.05) is 0 Å². The van der Waals surface area contributed by atoms with Crippen molar-refractivity contribution in [3.05, 3.63) is 42.1 Å². The first-order valence-electron chi connectivity index (χ1n) is 5.39. The molecule has 0 fully saturated rings. The van der Waals surface area contributed by atoms with E-state index < -0.39 is 0 Å². The van der Waals surface area contributed by atoms with Crippen molar-refractivity contribution in [2.45, 2.75) is 20.3 Å². The average Bonchev–Trinajstić information content (AvgIpc) is 2.28. The molecular weight excluding hydrogens is 214 g/mol. The summed E-state index contributed by atoms with van der Waals surface area (Å²) in [5.41, 5.74) is 2.60. The maximum Gasteiger partial charge on any atom is 0.137 e. The van der Waals surface area contributed by atoms with E-state index in [2.05, 4.69) is 15.0 Å². The van der Waals surface area contributed by atoms with Gasteiger partial charge in [0.1, 0.15) is 11.6 Å². The Balaban J connectivity index is 2.42. The van der Waals surface area contributed by atoms with Crippen molar-refractivity contribution in [2.24, 2.45) is 0 Å². The highest BCUT2D eigenvalue weighted by Gasteiger charge is 2.06. The van der Waals surface area contributed by atoms with Gasteiger partial charge in [0.25, 0.3) is 0 Å². The number of carbonyl (C=O) groups is 1. The molecule has 4 heteroatoms. The van der Waals surface area contributed by atoms with E-state index in [9.17, 15) is 4.79 Å². The van der Waals surface area contributed by atoms with E-state index in [0.29, 0.717) is 5.82 Å². The minimum absolute atomic E-state index is 0.0627. The van der Waals surface area contributed by atoms with Crippen LogP contribution in [0, 0.1) is 6.92 Å². The quantitative estimate of drug-likeness (QED) is 0.804. The molecule has 2 aromatic heterocycles. The van der Waals surface area contributed by atoms with Gasteiger partial charge < -0.3 is 0 Å². The number of aromatic nitrogens is 3. The van der Waals surface area contributed by atoms with Crippen LogP contribution in [0.3, 0.4) is 0 Å². The first kappa shape index (κ1) is 11.4. The summed E-state index contributed by atoms with van der Waals surface area (Å²) < 4.78 is 0. The van der Waals surface area contributed by atoms with Crippen LogP contribution in [0.15, 0.2) is 30.6 Å². The molecule has 0 N–H and O–H groups in total. The molecule has 86 valence electrons. The third-order valence-corrected chi connectivity index (χ3v) is 2.26. The summed E-state index contributed by atoms with van der Waals surface area (Å²) in [7, 11) is 0. The first-order chi connectivity index (χ1) is 8.15. The Hall–Kier alpha value is -2.10. The van der Waals surface area contributed by atoms with Gasteiger partial charge in [0.15, 0.2) is 0 Å². The number of ketones is 1. The summed E-state index contributed by atoms with van der Waals surface area (Å²) in [6.45, 7) is 3.43. The summed E-state index contributed by atoms with van der Waals surface area (Å²) in [5, 5.41) is 0. The molecule has 0 atom stereocenters. The number of Topliss-reactive ketones (excluding diaryl/α,β-unsaturated/α-hetero) is 1. The van der Waals surface area contributed by atoms with Crippen molar-refractivity contribution in [3.8, 4) is 11.3 Å².